The molecule has 2 heterocycles. The van der Waals surface area contributed by atoms with Crippen LogP contribution in [-0.4, -0.2) is 22.6 Å². The zero-order valence-electron chi connectivity index (χ0n) is 7.98. The molecule has 0 aliphatic carbocycles. The Bertz CT molecular complexity index is 341. The van der Waals surface area contributed by atoms with Crippen molar-refractivity contribution in [1.29, 1.82) is 0 Å². The Morgan fingerprint density at radius 1 is 1.43 bits per heavy atom. The van der Waals surface area contributed by atoms with E-state index in [9.17, 15) is 5.11 Å². The Hall–Kier alpha value is -1.20. The van der Waals surface area contributed by atoms with E-state index in [1.54, 1.807) is 13.8 Å². The molecule has 0 amide bonds. The van der Waals surface area contributed by atoms with Crippen molar-refractivity contribution < 1.29 is 24.1 Å². The van der Waals surface area contributed by atoms with Gasteiger partial charge in [-0.3, -0.25) is 0 Å². The molecule has 0 radical (unpaired) electrons. The van der Waals surface area contributed by atoms with E-state index in [-0.39, 0.29) is 17.3 Å². The maximum Gasteiger partial charge on any atom is 0.202 e. The fourth-order valence-corrected chi connectivity index (χ4v) is 1.40. The van der Waals surface area contributed by atoms with Crippen LogP contribution in [0.2, 0.25) is 0 Å². The Morgan fingerprint density at radius 3 is 2.57 bits per heavy atom. The van der Waals surface area contributed by atoms with Crippen molar-refractivity contribution in [3.05, 3.63) is 12.0 Å². The van der Waals surface area contributed by atoms with Crippen molar-refractivity contribution in [3.63, 3.8) is 0 Å². The number of furan rings is 1. The zero-order chi connectivity index (χ0) is 10.3. The van der Waals surface area contributed by atoms with Crippen LogP contribution in [0.1, 0.15) is 25.7 Å². The SMILES string of the molecule is CC1(C)OCC(c2occ(O)c2O)O1. The summed E-state index contributed by atoms with van der Waals surface area (Å²) in [6.45, 7) is 3.84. The molecule has 1 aromatic rings. The van der Waals surface area contributed by atoms with Gasteiger partial charge in [-0.15, -0.1) is 0 Å². The Balaban J connectivity index is 2.22. The van der Waals surface area contributed by atoms with E-state index >= 15 is 0 Å². The number of hydrogen-bond acceptors (Lipinski definition) is 5. The molecule has 14 heavy (non-hydrogen) atoms. The van der Waals surface area contributed by atoms with Gasteiger partial charge in [0.15, 0.2) is 17.3 Å². The summed E-state index contributed by atoms with van der Waals surface area (Å²) >= 11 is 0. The highest BCUT2D eigenvalue weighted by Gasteiger charge is 2.37. The third kappa shape index (κ3) is 1.44. The summed E-state index contributed by atoms with van der Waals surface area (Å²) < 4.78 is 15.7. The monoisotopic (exact) mass is 200 g/mol. The molecule has 1 aromatic heterocycles. The molecule has 1 unspecified atom stereocenters. The van der Waals surface area contributed by atoms with Gasteiger partial charge in [-0.25, -0.2) is 0 Å². The van der Waals surface area contributed by atoms with Crippen molar-refractivity contribution in [3.8, 4) is 11.5 Å². The number of ether oxygens (including phenoxy) is 2. The average molecular weight is 200 g/mol. The highest BCUT2D eigenvalue weighted by atomic mass is 16.7. The lowest BCUT2D eigenvalue weighted by molar-refractivity contribution is -0.141. The molecular weight excluding hydrogens is 188 g/mol. The van der Waals surface area contributed by atoms with Gasteiger partial charge in [0, 0.05) is 0 Å². The van der Waals surface area contributed by atoms with Crippen molar-refractivity contribution in [2.24, 2.45) is 0 Å². The van der Waals surface area contributed by atoms with Gasteiger partial charge in [-0.05, 0) is 13.8 Å². The molecule has 0 spiro atoms. The van der Waals surface area contributed by atoms with Gasteiger partial charge < -0.3 is 24.1 Å². The Labute approximate surface area is 80.9 Å². The molecular formula is C9H12O5. The minimum atomic E-state index is -0.681. The standard InChI is InChI=1S/C9H12O5/c1-9(2)13-4-6(14-9)8-7(11)5(10)3-12-8/h3,6,10-11H,4H2,1-2H3. The van der Waals surface area contributed by atoms with E-state index in [1.165, 1.54) is 0 Å². The van der Waals surface area contributed by atoms with E-state index in [1.807, 2.05) is 0 Å². The first-order valence-corrected chi connectivity index (χ1v) is 4.31. The molecule has 0 bridgehead atoms. The minimum Gasteiger partial charge on any atom is -0.502 e. The van der Waals surface area contributed by atoms with Crippen molar-refractivity contribution >= 4 is 0 Å². The first-order valence-electron chi connectivity index (χ1n) is 4.31. The van der Waals surface area contributed by atoms with Crippen LogP contribution in [0.25, 0.3) is 0 Å². The van der Waals surface area contributed by atoms with E-state index < -0.39 is 11.9 Å². The summed E-state index contributed by atoms with van der Waals surface area (Å²) in [6.07, 6.45) is 0.602. The summed E-state index contributed by atoms with van der Waals surface area (Å²) in [5, 5.41) is 18.5. The molecule has 5 heteroatoms. The maximum atomic E-state index is 9.39. The van der Waals surface area contributed by atoms with E-state index in [2.05, 4.69) is 0 Å². The van der Waals surface area contributed by atoms with Crippen LogP contribution >= 0.6 is 0 Å². The molecule has 1 aliphatic rings. The summed E-state index contributed by atoms with van der Waals surface area (Å²) in [4.78, 5) is 0. The Morgan fingerprint density at radius 2 is 2.14 bits per heavy atom. The molecule has 2 rings (SSSR count). The minimum absolute atomic E-state index is 0.202. The fraction of sp³-hybridized carbons (Fsp3) is 0.556. The van der Waals surface area contributed by atoms with Gasteiger partial charge in [0.2, 0.25) is 5.75 Å². The van der Waals surface area contributed by atoms with Gasteiger partial charge in [0.05, 0.1) is 6.61 Å². The molecule has 2 N–H and O–H groups in total. The van der Waals surface area contributed by atoms with E-state index in [0.717, 1.165) is 6.26 Å². The molecule has 5 nitrogen and oxygen atoms in total. The normalized spacial score (nSPS) is 25.4. The lowest BCUT2D eigenvalue weighted by Crippen LogP contribution is -2.19. The van der Waals surface area contributed by atoms with Crippen molar-refractivity contribution in [2.45, 2.75) is 25.7 Å². The molecule has 0 saturated carbocycles. The van der Waals surface area contributed by atoms with Crippen LogP contribution in [0.4, 0.5) is 0 Å². The lowest BCUT2D eigenvalue weighted by Gasteiger charge is -2.16. The van der Waals surface area contributed by atoms with E-state index in [0.29, 0.717) is 6.61 Å². The predicted octanol–water partition coefficient (Wildman–Crippen LogP) is 1.51. The number of aromatic hydroxyl groups is 2. The van der Waals surface area contributed by atoms with Crippen LogP contribution in [0.3, 0.4) is 0 Å². The van der Waals surface area contributed by atoms with E-state index in [4.69, 9.17) is 19.0 Å². The lowest BCUT2D eigenvalue weighted by atomic mass is 10.2. The summed E-state index contributed by atoms with van der Waals surface area (Å²) in [5.74, 6) is -1.04. The average Bonchev–Trinajstić information content (AvgIpc) is 2.59. The van der Waals surface area contributed by atoms with Crippen LogP contribution < -0.4 is 0 Å². The molecule has 1 atom stereocenters. The third-order valence-electron chi connectivity index (χ3n) is 2.07. The highest BCUT2D eigenvalue weighted by Crippen LogP contribution is 2.41. The van der Waals surface area contributed by atoms with Crippen LogP contribution in [0, 0.1) is 0 Å². The van der Waals surface area contributed by atoms with Gasteiger partial charge in [0.1, 0.15) is 12.4 Å². The number of rotatable bonds is 1. The predicted molar refractivity (Wildman–Crippen MR) is 45.9 cm³/mol. The molecule has 78 valence electrons. The quantitative estimate of drug-likeness (QED) is 0.719. The second kappa shape index (κ2) is 2.90. The largest absolute Gasteiger partial charge is 0.502 e. The smallest absolute Gasteiger partial charge is 0.202 e. The van der Waals surface area contributed by atoms with Gasteiger partial charge in [-0.1, -0.05) is 0 Å². The van der Waals surface area contributed by atoms with Crippen LogP contribution in [0.15, 0.2) is 10.7 Å². The van der Waals surface area contributed by atoms with Crippen molar-refractivity contribution in [2.75, 3.05) is 6.61 Å². The van der Waals surface area contributed by atoms with Gasteiger partial charge in [-0.2, -0.15) is 0 Å². The third-order valence-corrected chi connectivity index (χ3v) is 2.07. The van der Waals surface area contributed by atoms with Crippen LogP contribution in [-0.2, 0) is 9.47 Å². The number of hydrogen-bond donors (Lipinski definition) is 2. The molecule has 1 saturated heterocycles. The summed E-state index contributed by atoms with van der Waals surface area (Å²) in [6, 6.07) is 0. The van der Waals surface area contributed by atoms with Gasteiger partial charge in [0.25, 0.3) is 0 Å². The molecule has 0 aromatic carbocycles. The summed E-state index contributed by atoms with van der Waals surface area (Å²) in [7, 11) is 0. The Kier molecular flexibility index (Phi) is 1.94. The second-order valence-electron chi connectivity index (χ2n) is 3.65. The topological polar surface area (TPSA) is 72.1 Å². The molecule has 1 aliphatic heterocycles. The maximum absolute atomic E-state index is 9.39. The first-order chi connectivity index (χ1) is 6.49. The fourth-order valence-electron chi connectivity index (χ4n) is 1.40. The molecule has 1 fully saturated rings. The second-order valence-corrected chi connectivity index (χ2v) is 3.65. The summed E-state index contributed by atoms with van der Waals surface area (Å²) in [5.41, 5.74) is 0. The van der Waals surface area contributed by atoms with Gasteiger partial charge >= 0.3 is 0 Å². The van der Waals surface area contributed by atoms with Crippen LogP contribution in [0.5, 0.6) is 11.5 Å². The highest BCUT2D eigenvalue weighted by molar-refractivity contribution is 5.39. The van der Waals surface area contributed by atoms with Crippen molar-refractivity contribution in [1.82, 2.24) is 0 Å². The first kappa shape index (κ1) is 9.36. The zero-order valence-corrected chi connectivity index (χ0v) is 7.98.